The summed E-state index contributed by atoms with van der Waals surface area (Å²) in [5.41, 5.74) is -0.110. The molecule has 0 spiro atoms. The van der Waals surface area contributed by atoms with E-state index in [9.17, 15) is 10.1 Å². The number of hydrogen-bond acceptors (Lipinski definition) is 5. The van der Waals surface area contributed by atoms with E-state index in [1.807, 2.05) is 0 Å². The van der Waals surface area contributed by atoms with Crippen LogP contribution in [0.3, 0.4) is 0 Å². The Morgan fingerprint density at radius 1 is 1.65 bits per heavy atom. The summed E-state index contributed by atoms with van der Waals surface area (Å²) in [6.45, 7) is 0. The van der Waals surface area contributed by atoms with Crippen LogP contribution in [0.1, 0.15) is 0 Å². The fourth-order valence-electron chi connectivity index (χ4n) is 1.13. The summed E-state index contributed by atoms with van der Waals surface area (Å²) in [7, 11) is 1.48. The van der Waals surface area contributed by atoms with Crippen LogP contribution in [-0.2, 0) is 0 Å². The van der Waals surface area contributed by atoms with Gasteiger partial charge in [0.25, 0.3) is 0 Å². The van der Waals surface area contributed by atoms with E-state index in [0.717, 1.165) is 5.01 Å². The van der Waals surface area contributed by atoms with Crippen molar-refractivity contribution >= 4 is 28.9 Å². The molecule has 0 amide bonds. The van der Waals surface area contributed by atoms with Gasteiger partial charge in [0.1, 0.15) is 10.7 Å². The quantitative estimate of drug-likeness (QED) is 0.236. The molecule has 0 radical (unpaired) electrons. The van der Waals surface area contributed by atoms with Crippen LogP contribution in [-0.4, -0.2) is 22.9 Å². The number of para-hydroxylation sites is 1. The van der Waals surface area contributed by atoms with E-state index in [2.05, 4.69) is 10.4 Å². The molecular formula is C8H11ClN6O2. The lowest BCUT2D eigenvalue weighted by Gasteiger charge is -2.15. The van der Waals surface area contributed by atoms with Crippen LogP contribution in [0.15, 0.2) is 23.3 Å². The minimum absolute atomic E-state index is 0.0102. The average Bonchev–Trinajstić information content (AvgIpc) is 2.24. The molecule has 0 fully saturated rings. The van der Waals surface area contributed by atoms with Gasteiger partial charge in [-0.3, -0.25) is 15.1 Å². The Labute approximate surface area is 102 Å². The van der Waals surface area contributed by atoms with Gasteiger partial charge < -0.3 is 11.2 Å². The molecule has 0 heterocycles. The molecule has 0 saturated heterocycles. The van der Waals surface area contributed by atoms with Crippen LogP contribution in [0.4, 0.5) is 11.4 Å². The van der Waals surface area contributed by atoms with Crippen molar-refractivity contribution in [2.45, 2.75) is 0 Å². The summed E-state index contributed by atoms with van der Waals surface area (Å²) in [5.74, 6) is 10.6. The second-order valence-electron chi connectivity index (χ2n) is 3.08. The van der Waals surface area contributed by atoms with Gasteiger partial charge in [-0.2, -0.15) is 0 Å². The summed E-state index contributed by atoms with van der Waals surface area (Å²) in [4.78, 5) is 10.2. The van der Waals surface area contributed by atoms with E-state index in [4.69, 9.17) is 23.3 Å². The molecule has 0 aromatic heterocycles. The van der Waals surface area contributed by atoms with Crippen LogP contribution in [0.25, 0.3) is 0 Å². The van der Waals surface area contributed by atoms with Crippen molar-refractivity contribution in [2.24, 2.45) is 16.8 Å². The number of nitrogens with one attached hydrogen (secondary N) is 1. The van der Waals surface area contributed by atoms with Gasteiger partial charge in [0.15, 0.2) is 0 Å². The number of benzene rings is 1. The molecule has 5 N–H and O–H groups in total. The van der Waals surface area contributed by atoms with Crippen molar-refractivity contribution in [3.05, 3.63) is 33.3 Å². The summed E-state index contributed by atoms with van der Waals surface area (Å²) in [6.07, 6.45) is 0. The van der Waals surface area contributed by atoms with Crippen molar-refractivity contribution in [1.82, 2.24) is 5.01 Å². The number of guanidine groups is 1. The molecule has 0 saturated carbocycles. The zero-order chi connectivity index (χ0) is 13.0. The molecule has 0 atom stereocenters. The summed E-state index contributed by atoms with van der Waals surface area (Å²) < 4.78 is 0. The van der Waals surface area contributed by atoms with Crippen LogP contribution in [0, 0.1) is 10.1 Å². The first kappa shape index (κ1) is 13.0. The second-order valence-corrected chi connectivity index (χ2v) is 3.49. The lowest BCUT2D eigenvalue weighted by molar-refractivity contribution is -0.383. The minimum atomic E-state index is -0.602. The SMILES string of the molecule is CN(N)/C(=N\N)Nc1cccc(Cl)c1[N+](=O)[O-]. The van der Waals surface area contributed by atoms with E-state index in [1.165, 1.54) is 19.2 Å². The van der Waals surface area contributed by atoms with E-state index < -0.39 is 4.92 Å². The van der Waals surface area contributed by atoms with E-state index in [0.29, 0.717) is 0 Å². The Morgan fingerprint density at radius 3 is 2.76 bits per heavy atom. The van der Waals surface area contributed by atoms with Gasteiger partial charge in [0, 0.05) is 7.05 Å². The van der Waals surface area contributed by atoms with Crippen molar-refractivity contribution < 1.29 is 4.92 Å². The lowest BCUT2D eigenvalue weighted by atomic mass is 10.2. The number of nitro benzene ring substituents is 1. The number of anilines is 1. The fraction of sp³-hybridized carbons (Fsp3) is 0.125. The van der Waals surface area contributed by atoms with Gasteiger partial charge in [-0.1, -0.05) is 17.7 Å². The van der Waals surface area contributed by atoms with Crippen LogP contribution in [0.5, 0.6) is 0 Å². The molecule has 0 aliphatic carbocycles. The maximum Gasteiger partial charge on any atom is 0.311 e. The van der Waals surface area contributed by atoms with E-state index in [1.54, 1.807) is 6.07 Å². The topological polar surface area (TPSA) is 123 Å². The summed E-state index contributed by atoms with van der Waals surface area (Å²) >= 11 is 5.73. The minimum Gasteiger partial charge on any atom is -0.320 e. The third-order valence-corrected chi connectivity index (χ3v) is 2.18. The number of nitrogens with zero attached hydrogens (tertiary/aromatic N) is 3. The Kier molecular flexibility index (Phi) is 4.07. The van der Waals surface area contributed by atoms with Gasteiger partial charge >= 0.3 is 5.69 Å². The second kappa shape index (κ2) is 5.32. The smallest absolute Gasteiger partial charge is 0.311 e. The number of hydrazone groups is 1. The monoisotopic (exact) mass is 258 g/mol. The molecule has 92 valence electrons. The molecule has 8 nitrogen and oxygen atoms in total. The van der Waals surface area contributed by atoms with Gasteiger partial charge in [-0.25, -0.2) is 5.84 Å². The molecule has 0 aliphatic heterocycles. The van der Waals surface area contributed by atoms with Gasteiger partial charge in [-0.05, 0) is 12.1 Å². The Bertz CT molecular complexity index is 461. The maximum absolute atomic E-state index is 10.8. The van der Waals surface area contributed by atoms with Crippen molar-refractivity contribution in [1.29, 1.82) is 0 Å². The van der Waals surface area contributed by atoms with Crippen molar-refractivity contribution in [3.63, 3.8) is 0 Å². The molecule has 17 heavy (non-hydrogen) atoms. The first-order chi connectivity index (χ1) is 7.97. The third kappa shape index (κ3) is 2.95. The predicted octanol–water partition coefficient (Wildman–Crippen LogP) is 0.695. The zero-order valence-electron chi connectivity index (χ0n) is 8.92. The summed E-state index contributed by atoms with van der Waals surface area (Å²) in [5, 5.41) is 17.9. The van der Waals surface area contributed by atoms with Gasteiger partial charge in [0.2, 0.25) is 5.96 Å². The number of halogens is 1. The molecule has 0 bridgehead atoms. The van der Waals surface area contributed by atoms with E-state index in [-0.39, 0.29) is 22.4 Å². The van der Waals surface area contributed by atoms with Gasteiger partial charge in [-0.15, -0.1) is 5.10 Å². The average molecular weight is 259 g/mol. The highest BCUT2D eigenvalue weighted by atomic mass is 35.5. The number of hydrogen-bond donors (Lipinski definition) is 3. The molecule has 0 aliphatic rings. The zero-order valence-corrected chi connectivity index (χ0v) is 9.68. The molecule has 1 aromatic carbocycles. The molecule has 0 unspecified atom stereocenters. The molecule has 1 rings (SSSR count). The fourth-order valence-corrected chi connectivity index (χ4v) is 1.38. The van der Waals surface area contributed by atoms with Crippen molar-refractivity contribution in [2.75, 3.05) is 12.4 Å². The first-order valence-corrected chi connectivity index (χ1v) is 4.81. The van der Waals surface area contributed by atoms with Gasteiger partial charge in [0.05, 0.1) is 4.92 Å². The number of rotatable bonds is 2. The normalized spacial score (nSPS) is 11.1. The highest BCUT2D eigenvalue weighted by Crippen LogP contribution is 2.32. The molecule has 9 heteroatoms. The van der Waals surface area contributed by atoms with Crippen LogP contribution in [0.2, 0.25) is 5.02 Å². The maximum atomic E-state index is 10.8. The Morgan fingerprint density at radius 2 is 2.29 bits per heavy atom. The largest absolute Gasteiger partial charge is 0.320 e. The Hall–Kier alpha value is -2.06. The third-order valence-electron chi connectivity index (χ3n) is 1.87. The highest BCUT2D eigenvalue weighted by molar-refractivity contribution is 6.33. The standard InChI is InChI=1S/C8H11ClN6O2/c1-14(11)8(13-10)12-6-4-2-3-5(9)7(6)15(16)17/h2-4H,10-11H2,1H3,(H,12,13). The Balaban J connectivity index is 3.15. The summed E-state index contributed by atoms with van der Waals surface area (Å²) in [6, 6.07) is 4.44. The van der Waals surface area contributed by atoms with Crippen LogP contribution >= 0.6 is 11.6 Å². The number of hydrazine groups is 1. The van der Waals surface area contributed by atoms with E-state index >= 15 is 0 Å². The first-order valence-electron chi connectivity index (χ1n) is 4.43. The highest BCUT2D eigenvalue weighted by Gasteiger charge is 2.19. The number of nitrogens with two attached hydrogens (primary N) is 2. The van der Waals surface area contributed by atoms with Crippen LogP contribution < -0.4 is 17.0 Å². The predicted molar refractivity (Wildman–Crippen MR) is 65.3 cm³/mol. The number of nitro groups is 1. The lowest BCUT2D eigenvalue weighted by Crippen LogP contribution is -2.39. The molecule has 1 aromatic rings. The molecular weight excluding hydrogens is 248 g/mol. The van der Waals surface area contributed by atoms with Crippen molar-refractivity contribution in [3.8, 4) is 0 Å².